The van der Waals surface area contributed by atoms with Crippen LogP contribution in [-0.2, 0) is 4.74 Å². The van der Waals surface area contributed by atoms with Crippen molar-refractivity contribution in [3.63, 3.8) is 0 Å². The van der Waals surface area contributed by atoms with Crippen molar-refractivity contribution >= 4 is 0 Å². The first-order valence-electron chi connectivity index (χ1n) is 10.1. The van der Waals surface area contributed by atoms with E-state index in [4.69, 9.17) is 4.74 Å². The third-order valence-electron chi connectivity index (χ3n) is 4.95. The van der Waals surface area contributed by atoms with Gasteiger partial charge in [-0.25, -0.2) is 0 Å². The summed E-state index contributed by atoms with van der Waals surface area (Å²) in [6.07, 6.45) is 21.0. The van der Waals surface area contributed by atoms with Gasteiger partial charge in [-0.2, -0.15) is 0 Å². The monoisotopic (exact) mass is 312 g/mol. The standard InChI is InChI=1S/C20H40O2/c1-2-3-4-5-6-7-8-9-10-11-12-13-17-22-20-16-14-15-19(21)18-20/h19-21H,2-18H2,1H3. The summed E-state index contributed by atoms with van der Waals surface area (Å²) >= 11 is 0. The molecule has 2 nitrogen and oxygen atoms in total. The third kappa shape index (κ3) is 11.5. The van der Waals surface area contributed by atoms with Crippen molar-refractivity contribution in [3.8, 4) is 0 Å². The predicted molar refractivity (Wildman–Crippen MR) is 95.3 cm³/mol. The molecule has 0 spiro atoms. The molecule has 0 aromatic heterocycles. The molecule has 1 aliphatic rings. The van der Waals surface area contributed by atoms with Gasteiger partial charge in [-0.1, -0.05) is 77.6 Å². The predicted octanol–water partition coefficient (Wildman–Crippen LogP) is 6.01. The van der Waals surface area contributed by atoms with Gasteiger partial charge < -0.3 is 9.84 Å². The molecule has 0 heterocycles. The van der Waals surface area contributed by atoms with Gasteiger partial charge in [0.25, 0.3) is 0 Å². The van der Waals surface area contributed by atoms with Crippen LogP contribution in [-0.4, -0.2) is 23.9 Å². The normalized spacial score (nSPS) is 22.1. The van der Waals surface area contributed by atoms with E-state index in [9.17, 15) is 5.11 Å². The van der Waals surface area contributed by atoms with E-state index in [2.05, 4.69) is 6.92 Å². The molecule has 0 amide bonds. The Bertz CT molecular complexity index is 230. The van der Waals surface area contributed by atoms with Gasteiger partial charge in [-0.3, -0.25) is 0 Å². The Morgan fingerprint density at radius 3 is 1.86 bits per heavy atom. The average molecular weight is 313 g/mol. The van der Waals surface area contributed by atoms with E-state index in [1.165, 1.54) is 77.0 Å². The fourth-order valence-corrected chi connectivity index (χ4v) is 3.46. The fourth-order valence-electron chi connectivity index (χ4n) is 3.46. The lowest BCUT2D eigenvalue weighted by Crippen LogP contribution is -2.26. The van der Waals surface area contributed by atoms with E-state index in [1.807, 2.05) is 0 Å². The molecule has 2 atom stereocenters. The first kappa shape index (κ1) is 20.0. The highest BCUT2D eigenvalue weighted by atomic mass is 16.5. The number of hydrogen-bond donors (Lipinski definition) is 1. The highest BCUT2D eigenvalue weighted by Crippen LogP contribution is 2.21. The number of unbranched alkanes of at least 4 members (excludes halogenated alkanes) is 11. The van der Waals surface area contributed by atoms with Crippen LogP contribution in [0.25, 0.3) is 0 Å². The van der Waals surface area contributed by atoms with E-state index < -0.39 is 0 Å². The Kier molecular flexibility index (Phi) is 13.2. The number of ether oxygens (including phenoxy) is 1. The molecule has 1 rings (SSSR count). The van der Waals surface area contributed by atoms with Gasteiger partial charge in [0.05, 0.1) is 12.2 Å². The van der Waals surface area contributed by atoms with Gasteiger partial charge in [0.1, 0.15) is 0 Å². The lowest BCUT2D eigenvalue weighted by Gasteiger charge is -2.25. The zero-order valence-electron chi connectivity index (χ0n) is 15.0. The van der Waals surface area contributed by atoms with Crippen LogP contribution < -0.4 is 0 Å². The molecule has 0 radical (unpaired) electrons. The van der Waals surface area contributed by atoms with Gasteiger partial charge >= 0.3 is 0 Å². The molecule has 0 aromatic carbocycles. The third-order valence-corrected chi connectivity index (χ3v) is 4.95. The Morgan fingerprint density at radius 1 is 0.773 bits per heavy atom. The van der Waals surface area contributed by atoms with Crippen LogP contribution >= 0.6 is 0 Å². The summed E-state index contributed by atoms with van der Waals surface area (Å²) in [5.74, 6) is 0. The maximum Gasteiger partial charge on any atom is 0.0599 e. The summed E-state index contributed by atoms with van der Waals surface area (Å²) in [5.41, 5.74) is 0. The molecule has 0 aromatic rings. The molecule has 1 saturated carbocycles. The number of aliphatic hydroxyl groups excluding tert-OH is 1. The molecule has 1 fully saturated rings. The van der Waals surface area contributed by atoms with Crippen molar-refractivity contribution < 1.29 is 9.84 Å². The molecule has 1 N–H and O–H groups in total. The Morgan fingerprint density at radius 2 is 1.32 bits per heavy atom. The van der Waals surface area contributed by atoms with Crippen molar-refractivity contribution in [3.05, 3.63) is 0 Å². The molecule has 2 heteroatoms. The van der Waals surface area contributed by atoms with Gasteiger partial charge in [0, 0.05) is 6.61 Å². The summed E-state index contributed by atoms with van der Waals surface area (Å²) in [6.45, 7) is 3.18. The molecular formula is C20H40O2. The van der Waals surface area contributed by atoms with Gasteiger partial charge in [0.2, 0.25) is 0 Å². The molecule has 132 valence electrons. The molecule has 0 bridgehead atoms. The topological polar surface area (TPSA) is 29.5 Å². The van der Waals surface area contributed by atoms with E-state index in [0.717, 1.165) is 32.3 Å². The maximum atomic E-state index is 9.60. The lowest BCUT2D eigenvalue weighted by molar-refractivity contribution is -0.0157. The summed E-state index contributed by atoms with van der Waals surface area (Å²) < 4.78 is 5.89. The summed E-state index contributed by atoms with van der Waals surface area (Å²) in [5, 5.41) is 9.60. The zero-order valence-corrected chi connectivity index (χ0v) is 15.0. The Balaban J connectivity index is 1.73. The molecule has 1 aliphatic carbocycles. The second-order valence-corrected chi connectivity index (χ2v) is 7.20. The maximum absolute atomic E-state index is 9.60. The Labute approximate surface area is 139 Å². The SMILES string of the molecule is CCCCCCCCCCCCCCOC1CCCC(O)C1. The molecule has 2 unspecified atom stereocenters. The van der Waals surface area contributed by atoms with Crippen LogP contribution in [0.5, 0.6) is 0 Å². The fraction of sp³-hybridized carbons (Fsp3) is 1.00. The minimum absolute atomic E-state index is 0.110. The first-order valence-corrected chi connectivity index (χ1v) is 10.1. The number of rotatable bonds is 14. The van der Waals surface area contributed by atoms with Crippen LogP contribution in [0.2, 0.25) is 0 Å². The summed E-state index contributed by atoms with van der Waals surface area (Å²) in [7, 11) is 0. The second-order valence-electron chi connectivity index (χ2n) is 7.20. The van der Waals surface area contributed by atoms with Gasteiger partial charge in [-0.15, -0.1) is 0 Å². The van der Waals surface area contributed by atoms with Crippen molar-refractivity contribution in [1.82, 2.24) is 0 Å². The molecule has 0 saturated heterocycles. The van der Waals surface area contributed by atoms with Crippen molar-refractivity contribution in [1.29, 1.82) is 0 Å². The van der Waals surface area contributed by atoms with Crippen LogP contribution in [0.15, 0.2) is 0 Å². The summed E-state index contributed by atoms with van der Waals surface area (Å²) in [6, 6.07) is 0. The minimum atomic E-state index is -0.110. The zero-order chi connectivity index (χ0) is 15.9. The smallest absolute Gasteiger partial charge is 0.0599 e. The minimum Gasteiger partial charge on any atom is -0.393 e. The number of hydrogen-bond acceptors (Lipinski definition) is 2. The first-order chi connectivity index (χ1) is 10.8. The van der Waals surface area contributed by atoms with Crippen molar-refractivity contribution in [2.75, 3.05) is 6.61 Å². The Hall–Kier alpha value is -0.0800. The van der Waals surface area contributed by atoms with Crippen molar-refractivity contribution in [2.24, 2.45) is 0 Å². The molecular weight excluding hydrogens is 272 g/mol. The van der Waals surface area contributed by atoms with Gasteiger partial charge in [-0.05, 0) is 32.1 Å². The van der Waals surface area contributed by atoms with E-state index in [-0.39, 0.29) is 6.10 Å². The highest BCUT2D eigenvalue weighted by Gasteiger charge is 2.20. The molecule has 0 aliphatic heterocycles. The largest absolute Gasteiger partial charge is 0.393 e. The van der Waals surface area contributed by atoms with Crippen LogP contribution in [0.4, 0.5) is 0 Å². The van der Waals surface area contributed by atoms with Crippen LogP contribution in [0, 0.1) is 0 Å². The van der Waals surface area contributed by atoms with Crippen molar-refractivity contribution in [2.45, 2.75) is 122 Å². The second kappa shape index (κ2) is 14.5. The quantitative estimate of drug-likeness (QED) is 0.398. The lowest BCUT2D eigenvalue weighted by atomic mass is 9.95. The van der Waals surface area contributed by atoms with Crippen LogP contribution in [0.3, 0.4) is 0 Å². The average Bonchev–Trinajstić information content (AvgIpc) is 2.52. The van der Waals surface area contributed by atoms with E-state index >= 15 is 0 Å². The summed E-state index contributed by atoms with van der Waals surface area (Å²) in [4.78, 5) is 0. The highest BCUT2D eigenvalue weighted by molar-refractivity contribution is 4.72. The van der Waals surface area contributed by atoms with E-state index in [1.54, 1.807) is 0 Å². The number of aliphatic hydroxyl groups is 1. The van der Waals surface area contributed by atoms with Gasteiger partial charge in [0.15, 0.2) is 0 Å². The van der Waals surface area contributed by atoms with Crippen LogP contribution in [0.1, 0.15) is 110 Å². The molecule has 22 heavy (non-hydrogen) atoms. The van der Waals surface area contributed by atoms with E-state index in [0.29, 0.717) is 6.10 Å².